The lowest BCUT2D eigenvalue weighted by atomic mass is 10.3. The first kappa shape index (κ1) is 15.4. The maximum Gasteiger partial charge on any atom is 0.238 e. The second-order valence-corrected chi connectivity index (χ2v) is 5.19. The minimum Gasteiger partial charge on any atom is -0.352 e. The van der Waals surface area contributed by atoms with E-state index in [0.717, 1.165) is 25.0 Å². The summed E-state index contributed by atoms with van der Waals surface area (Å²) in [6, 6.07) is 3.41. The van der Waals surface area contributed by atoms with Crippen LogP contribution in [0.25, 0.3) is 0 Å². The van der Waals surface area contributed by atoms with E-state index in [0.29, 0.717) is 0 Å². The van der Waals surface area contributed by atoms with Gasteiger partial charge in [0, 0.05) is 17.8 Å². The van der Waals surface area contributed by atoms with Crippen LogP contribution in [0.1, 0.15) is 12.8 Å². The molecule has 21 heavy (non-hydrogen) atoms. The molecule has 0 heterocycles. The molecule has 2 N–H and O–H groups in total. The van der Waals surface area contributed by atoms with Crippen molar-refractivity contribution < 1.29 is 18.4 Å². The second-order valence-electron chi connectivity index (χ2n) is 5.19. The van der Waals surface area contributed by atoms with E-state index in [2.05, 4.69) is 10.6 Å². The van der Waals surface area contributed by atoms with Gasteiger partial charge in [-0.25, -0.2) is 8.78 Å². The Morgan fingerprint density at radius 3 is 2.48 bits per heavy atom. The Hall–Kier alpha value is -2.02. The molecule has 0 bridgehead atoms. The van der Waals surface area contributed by atoms with Crippen LogP contribution in [0.3, 0.4) is 0 Å². The Balaban J connectivity index is 1.77. The van der Waals surface area contributed by atoms with Gasteiger partial charge in [0.2, 0.25) is 11.8 Å². The quantitative estimate of drug-likeness (QED) is 0.827. The van der Waals surface area contributed by atoms with Crippen LogP contribution in [0.4, 0.5) is 14.5 Å². The number of halogens is 2. The van der Waals surface area contributed by atoms with Crippen molar-refractivity contribution in [3.63, 3.8) is 0 Å². The van der Waals surface area contributed by atoms with Crippen molar-refractivity contribution in [1.82, 2.24) is 10.2 Å². The van der Waals surface area contributed by atoms with E-state index in [9.17, 15) is 18.4 Å². The number of carbonyl (C=O) groups excluding carboxylic acids is 2. The van der Waals surface area contributed by atoms with E-state index in [1.165, 1.54) is 6.07 Å². The Morgan fingerprint density at radius 1 is 1.19 bits per heavy atom. The van der Waals surface area contributed by atoms with Crippen molar-refractivity contribution in [2.24, 2.45) is 0 Å². The highest BCUT2D eigenvalue weighted by Crippen LogP contribution is 2.18. The van der Waals surface area contributed by atoms with Crippen molar-refractivity contribution in [3.8, 4) is 0 Å². The van der Waals surface area contributed by atoms with Crippen molar-refractivity contribution >= 4 is 17.5 Å². The Labute approximate surface area is 121 Å². The van der Waals surface area contributed by atoms with Crippen LogP contribution in [0, 0.1) is 11.6 Å². The molecule has 1 aliphatic carbocycles. The summed E-state index contributed by atoms with van der Waals surface area (Å²) in [5.41, 5.74) is 0.176. The van der Waals surface area contributed by atoms with Gasteiger partial charge in [-0.15, -0.1) is 0 Å². The molecule has 2 rings (SSSR count). The summed E-state index contributed by atoms with van der Waals surface area (Å²) in [5, 5.41) is 5.27. The minimum absolute atomic E-state index is 0.0168. The van der Waals surface area contributed by atoms with E-state index < -0.39 is 17.5 Å². The standard InChI is InChI=1S/C14H17F2N3O2/c1-19(7-13(20)17-9-2-3-9)8-14(21)18-10-4-5-11(15)12(16)6-10/h4-6,9H,2-3,7-8H2,1H3,(H,17,20)(H,18,21). The fraction of sp³-hybridized carbons (Fsp3) is 0.429. The molecule has 0 atom stereocenters. The molecular weight excluding hydrogens is 280 g/mol. The van der Waals surface area contributed by atoms with E-state index >= 15 is 0 Å². The monoisotopic (exact) mass is 297 g/mol. The van der Waals surface area contributed by atoms with Gasteiger partial charge in [-0.2, -0.15) is 0 Å². The Kier molecular flexibility index (Phi) is 4.85. The van der Waals surface area contributed by atoms with Crippen LogP contribution in [0.2, 0.25) is 0 Å². The molecule has 1 aromatic rings. The largest absolute Gasteiger partial charge is 0.352 e. The zero-order chi connectivity index (χ0) is 15.4. The molecule has 0 spiro atoms. The van der Waals surface area contributed by atoms with Crippen LogP contribution in [-0.4, -0.2) is 42.9 Å². The first-order chi connectivity index (χ1) is 9.94. The predicted octanol–water partition coefficient (Wildman–Crippen LogP) is 1.11. The molecular formula is C14H17F2N3O2. The molecule has 0 radical (unpaired) electrons. The number of hydrogen-bond donors (Lipinski definition) is 2. The number of nitrogens with zero attached hydrogens (tertiary/aromatic N) is 1. The third kappa shape index (κ3) is 5.11. The number of hydrogen-bond acceptors (Lipinski definition) is 3. The van der Waals surface area contributed by atoms with Crippen molar-refractivity contribution in [2.75, 3.05) is 25.5 Å². The molecule has 0 aromatic heterocycles. The average Bonchev–Trinajstić information content (AvgIpc) is 3.17. The van der Waals surface area contributed by atoms with Gasteiger partial charge in [0.05, 0.1) is 13.1 Å². The lowest BCUT2D eigenvalue weighted by Gasteiger charge is -2.16. The predicted molar refractivity (Wildman–Crippen MR) is 73.6 cm³/mol. The van der Waals surface area contributed by atoms with Gasteiger partial charge in [0.15, 0.2) is 11.6 Å². The van der Waals surface area contributed by atoms with E-state index in [1.807, 2.05) is 0 Å². The van der Waals surface area contributed by atoms with Gasteiger partial charge in [0.1, 0.15) is 0 Å². The normalized spacial score (nSPS) is 14.1. The molecule has 5 nitrogen and oxygen atoms in total. The summed E-state index contributed by atoms with van der Waals surface area (Å²) in [6.45, 7) is 0.0960. The van der Waals surface area contributed by atoms with Gasteiger partial charge >= 0.3 is 0 Å². The van der Waals surface area contributed by atoms with Crippen LogP contribution >= 0.6 is 0 Å². The summed E-state index contributed by atoms with van der Waals surface area (Å²) < 4.78 is 25.8. The fourth-order valence-electron chi connectivity index (χ4n) is 1.82. The number of rotatable bonds is 6. The first-order valence-corrected chi connectivity index (χ1v) is 6.67. The van der Waals surface area contributed by atoms with E-state index in [-0.39, 0.29) is 30.7 Å². The number of likely N-dealkylation sites (N-methyl/N-ethyl adjacent to an activating group) is 1. The molecule has 0 saturated heterocycles. The minimum atomic E-state index is -1.02. The average molecular weight is 297 g/mol. The highest BCUT2D eigenvalue weighted by atomic mass is 19.2. The summed E-state index contributed by atoms with van der Waals surface area (Å²) in [6.07, 6.45) is 2.01. The Morgan fingerprint density at radius 2 is 1.86 bits per heavy atom. The van der Waals surface area contributed by atoms with Crippen LogP contribution in [-0.2, 0) is 9.59 Å². The van der Waals surface area contributed by atoms with Crippen LogP contribution in [0.15, 0.2) is 18.2 Å². The maximum absolute atomic E-state index is 13.0. The third-order valence-electron chi connectivity index (χ3n) is 2.97. The number of nitrogens with one attached hydrogen (secondary N) is 2. The highest BCUT2D eigenvalue weighted by molar-refractivity contribution is 5.92. The summed E-state index contributed by atoms with van der Waals surface area (Å²) in [4.78, 5) is 24.8. The smallest absolute Gasteiger partial charge is 0.238 e. The van der Waals surface area contributed by atoms with Crippen molar-refractivity contribution in [3.05, 3.63) is 29.8 Å². The molecule has 2 amide bonds. The van der Waals surface area contributed by atoms with Crippen molar-refractivity contribution in [2.45, 2.75) is 18.9 Å². The number of amides is 2. The fourth-order valence-corrected chi connectivity index (χ4v) is 1.82. The summed E-state index contributed by atoms with van der Waals surface area (Å²) in [5.74, 6) is -2.52. The van der Waals surface area contributed by atoms with Crippen LogP contribution < -0.4 is 10.6 Å². The second kappa shape index (κ2) is 6.62. The number of carbonyl (C=O) groups is 2. The number of benzene rings is 1. The first-order valence-electron chi connectivity index (χ1n) is 6.67. The summed E-state index contributed by atoms with van der Waals surface area (Å²) >= 11 is 0. The molecule has 1 aliphatic rings. The summed E-state index contributed by atoms with van der Waals surface area (Å²) in [7, 11) is 1.64. The van der Waals surface area contributed by atoms with E-state index in [1.54, 1.807) is 11.9 Å². The zero-order valence-corrected chi connectivity index (χ0v) is 11.7. The van der Waals surface area contributed by atoms with Gasteiger partial charge < -0.3 is 10.6 Å². The lowest BCUT2D eigenvalue weighted by Crippen LogP contribution is -2.39. The molecule has 114 valence electrons. The molecule has 1 fully saturated rings. The molecule has 0 unspecified atom stereocenters. The SMILES string of the molecule is CN(CC(=O)Nc1ccc(F)c(F)c1)CC(=O)NC1CC1. The maximum atomic E-state index is 13.0. The Bertz CT molecular complexity index is 547. The molecule has 0 aliphatic heterocycles. The molecule has 1 aromatic carbocycles. The number of anilines is 1. The van der Waals surface area contributed by atoms with Gasteiger partial charge in [0.25, 0.3) is 0 Å². The third-order valence-corrected chi connectivity index (χ3v) is 2.97. The van der Waals surface area contributed by atoms with Gasteiger partial charge in [-0.05, 0) is 32.0 Å². The highest BCUT2D eigenvalue weighted by Gasteiger charge is 2.23. The van der Waals surface area contributed by atoms with Gasteiger partial charge in [-0.1, -0.05) is 0 Å². The topological polar surface area (TPSA) is 61.4 Å². The lowest BCUT2D eigenvalue weighted by molar-refractivity contribution is -0.123. The van der Waals surface area contributed by atoms with Crippen molar-refractivity contribution in [1.29, 1.82) is 0 Å². The molecule has 1 saturated carbocycles. The van der Waals surface area contributed by atoms with Crippen LogP contribution in [0.5, 0.6) is 0 Å². The zero-order valence-electron chi connectivity index (χ0n) is 11.7. The van der Waals surface area contributed by atoms with E-state index in [4.69, 9.17) is 0 Å². The van der Waals surface area contributed by atoms with Gasteiger partial charge in [-0.3, -0.25) is 14.5 Å². The molecule has 7 heteroatoms.